The molecule has 1 aromatic rings. The van der Waals surface area contributed by atoms with Crippen LogP contribution in [0.2, 0.25) is 0 Å². The molecule has 0 aliphatic rings. The maximum atomic E-state index is 10.6. The van der Waals surface area contributed by atoms with Gasteiger partial charge in [-0.2, -0.15) is 0 Å². The molecule has 0 spiro atoms. The van der Waals surface area contributed by atoms with E-state index in [1.165, 1.54) is 0 Å². The fraction of sp³-hybridized carbons (Fsp3) is 0.375. The number of ketones is 1. The van der Waals surface area contributed by atoms with Crippen LogP contribution in [-0.2, 0) is 11.2 Å². The van der Waals surface area contributed by atoms with Crippen LogP contribution in [0.25, 0.3) is 0 Å². The van der Waals surface area contributed by atoms with E-state index in [2.05, 4.69) is 9.97 Å². The number of nitrogens with zero attached hydrogens (tertiary/aromatic N) is 2. The van der Waals surface area contributed by atoms with Crippen molar-refractivity contribution in [2.24, 2.45) is 0 Å². The Balaban J connectivity index is 2.45. The second-order valence-electron chi connectivity index (χ2n) is 2.40. The molecule has 1 rings (SSSR count). The summed E-state index contributed by atoms with van der Waals surface area (Å²) in [7, 11) is 0. The molecule has 3 heteroatoms. The highest BCUT2D eigenvalue weighted by molar-refractivity contribution is 5.75. The van der Waals surface area contributed by atoms with Crippen molar-refractivity contribution in [3.8, 4) is 0 Å². The molecule has 1 heterocycles. The molecule has 0 radical (unpaired) electrons. The molecule has 0 aliphatic heterocycles. The molecule has 11 heavy (non-hydrogen) atoms. The maximum absolute atomic E-state index is 10.6. The van der Waals surface area contributed by atoms with E-state index in [1.54, 1.807) is 25.5 Å². The summed E-state index contributed by atoms with van der Waals surface area (Å²) in [5.74, 6) is 0.190. The van der Waals surface area contributed by atoms with Gasteiger partial charge >= 0.3 is 0 Å². The molecule has 0 amide bonds. The number of carbonyl (C=O) groups is 1. The first-order valence-corrected chi connectivity index (χ1v) is 3.53. The Bertz CT molecular complexity index is 233. The van der Waals surface area contributed by atoms with E-state index < -0.39 is 0 Å². The number of rotatable bonds is 3. The van der Waals surface area contributed by atoms with Crippen LogP contribution in [-0.4, -0.2) is 15.8 Å². The maximum Gasteiger partial charge on any atom is 0.130 e. The van der Waals surface area contributed by atoms with Crippen LogP contribution in [0.15, 0.2) is 18.6 Å². The Hall–Kier alpha value is -1.25. The minimum atomic E-state index is 0.190. The predicted octanol–water partition coefficient (Wildman–Crippen LogP) is 0.998. The second-order valence-corrected chi connectivity index (χ2v) is 2.40. The molecule has 1 aromatic heterocycles. The Morgan fingerprint density at radius 1 is 1.55 bits per heavy atom. The van der Waals surface area contributed by atoms with Crippen molar-refractivity contribution in [1.29, 1.82) is 0 Å². The molecule has 0 saturated heterocycles. The number of hydrogen-bond donors (Lipinski definition) is 0. The summed E-state index contributed by atoms with van der Waals surface area (Å²) in [4.78, 5) is 18.5. The van der Waals surface area contributed by atoms with Crippen LogP contribution in [0.4, 0.5) is 0 Å². The molecule has 0 aliphatic carbocycles. The minimum absolute atomic E-state index is 0.190. The van der Waals surface area contributed by atoms with E-state index in [-0.39, 0.29) is 5.78 Å². The molecule has 0 aromatic carbocycles. The van der Waals surface area contributed by atoms with E-state index in [9.17, 15) is 4.79 Å². The summed E-state index contributed by atoms with van der Waals surface area (Å²) in [6, 6.07) is 0. The number of aromatic nitrogens is 2. The monoisotopic (exact) mass is 150 g/mol. The van der Waals surface area contributed by atoms with Gasteiger partial charge in [0.2, 0.25) is 0 Å². The zero-order chi connectivity index (χ0) is 8.10. The van der Waals surface area contributed by atoms with Crippen molar-refractivity contribution in [2.75, 3.05) is 0 Å². The number of hydrogen-bond acceptors (Lipinski definition) is 3. The van der Waals surface area contributed by atoms with Crippen LogP contribution >= 0.6 is 0 Å². The van der Waals surface area contributed by atoms with Gasteiger partial charge in [0.1, 0.15) is 5.78 Å². The molecular weight excluding hydrogens is 140 g/mol. The third-order valence-corrected chi connectivity index (χ3v) is 1.35. The number of aryl methyl sites for hydroxylation is 1. The summed E-state index contributed by atoms with van der Waals surface area (Å²) in [6.45, 7) is 1.58. The van der Waals surface area contributed by atoms with Gasteiger partial charge in [-0.1, -0.05) is 0 Å². The largest absolute Gasteiger partial charge is 0.300 e. The molecular formula is C8H10N2O. The first kappa shape index (κ1) is 7.85. The summed E-state index contributed by atoms with van der Waals surface area (Å²) in [5.41, 5.74) is 0.878. The molecule has 0 N–H and O–H groups in total. The van der Waals surface area contributed by atoms with Gasteiger partial charge in [-0.3, -0.25) is 9.97 Å². The van der Waals surface area contributed by atoms with Crippen molar-refractivity contribution in [3.63, 3.8) is 0 Å². The van der Waals surface area contributed by atoms with Gasteiger partial charge in [0, 0.05) is 25.0 Å². The first-order chi connectivity index (χ1) is 5.29. The van der Waals surface area contributed by atoms with E-state index in [4.69, 9.17) is 0 Å². The highest BCUT2D eigenvalue weighted by Gasteiger charge is 1.96. The van der Waals surface area contributed by atoms with Crippen LogP contribution in [0.5, 0.6) is 0 Å². The van der Waals surface area contributed by atoms with Crippen molar-refractivity contribution in [3.05, 3.63) is 24.3 Å². The predicted molar refractivity (Wildman–Crippen MR) is 41.0 cm³/mol. The van der Waals surface area contributed by atoms with Gasteiger partial charge in [-0.25, -0.2) is 0 Å². The van der Waals surface area contributed by atoms with Crippen molar-refractivity contribution in [1.82, 2.24) is 9.97 Å². The smallest absolute Gasteiger partial charge is 0.130 e. The van der Waals surface area contributed by atoms with Gasteiger partial charge in [0.15, 0.2) is 0 Å². The van der Waals surface area contributed by atoms with Crippen LogP contribution in [0.1, 0.15) is 19.0 Å². The van der Waals surface area contributed by atoms with Crippen LogP contribution in [0.3, 0.4) is 0 Å². The molecule has 0 bridgehead atoms. The normalized spacial score (nSPS) is 9.55. The molecule has 0 atom stereocenters. The highest BCUT2D eigenvalue weighted by atomic mass is 16.1. The van der Waals surface area contributed by atoms with E-state index in [0.29, 0.717) is 12.8 Å². The molecule has 58 valence electrons. The van der Waals surface area contributed by atoms with Crippen molar-refractivity contribution < 1.29 is 4.79 Å². The zero-order valence-corrected chi connectivity index (χ0v) is 6.45. The molecule has 0 unspecified atom stereocenters. The number of carbonyl (C=O) groups excluding carboxylic acids is 1. The van der Waals surface area contributed by atoms with Gasteiger partial charge in [0.25, 0.3) is 0 Å². The Morgan fingerprint density at radius 2 is 2.36 bits per heavy atom. The third-order valence-electron chi connectivity index (χ3n) is 1.35. The summed E-state index contributed by atoms with van der Waals surface area (Å²) in [5, 5.41) is 0. The lowest BCUT2D eigenvalue weighted by Gasteiger charge is -1.94. The lowest BCUT2D eigenvalue weighted by atomic mass is 10.2. The van der Waals surface area contributed by atoms with Crippen molar-refractivity contribution in [2.45, 2.75) is 19.8 Å². The number of Topliss-reactive ketones (excluding diaryl/α,β-unsaturated/α-hetero) is 1. The Morgan fingerprint density at radius 3 is 2.91 bits per heavy atom. The lowest BCUT2D eigenvalue weighted by Crippen LogP contribution is -1.96. The van der Waals surface area contributed by atoms with E-state index >= 15 is 0 Å². The minimum Gasteiger partial charge on any atom is -0.300 e. The van der Waals surface area contributed by atoms with Crippen molar-refractivity contribution >= 4 is 5.78 Å². The lowest BCUT2D eigenvalue weighted by molar-refractivity contribution is -0.116. The van der Waals surface area contributed by atoms with E-state index in [0.717, 1.165) is 5.69 Å². The third kappa shape index (κ3) is 2.89. The fourth-order valence-corrected chi connectivity index (χ4v) is 0.763. The highest BCUT2D eigenvalue weighted by Crippen LogP contribution is 1.95. The average Bonchev–Trinajstić information content (AvgIpc) is 2.03. The first-order valence-electron chi connectivity index (χ1n) is 3.53. The Kier molecular flexibility index (Phi) is 2.72. The Labute approximate surface area is 65.5 Å². The topological polar surface area (TPSA) is 42.9 Å². The quantitative estimate of drug-likeness (QED) is 0.645. The van der Waals surface area contributed by atoms with Gasteiger partial charge in [-0.05, 0) is 13.3 Å². The summed E-state index contributed by atoms with van der Waals surface area (Å²) >= 11 is 0. The standard InChI is InChI=1S/C8H10N2O/c1-7(11)2-3-8-6-9-4-5-10-8/h4-6H,2-3H2,1H3. The molecule has 3 nitrogen and oxygen atoms in total. The second kappa shape index (κ2) is 3.81. The zero-order valence-electron chi connectivity index (χ0n) is 6.45. The van der Waals surface area contributed by atoms with Gasteiger partial charge < -0.3 is 4.79 Å². The summed E-state index contributed by atoms with van der Waals surface area (Å²) < 4.78 is 0. The summed E-state index contributed by atoms with van der Waals surface area (Å²) in [6.07, 6.45) is 6.19. The fourth-order valence-electron chi connectivity index (χ4n) is 0.763. The molecule has 0 saturated carbocycles. The van der Waals surface area contributed by atoms with Crippen LogP contribution in [0, 0.1) is 0 Å². The molecule has 0 fully saturated rings. The average molecular weight is 150 g/mol. The van der Waals surface area contributed by atoms with Gasteiger partial charge in [0.05, 0.1) is 5.69 Å². The SMILES string of the molecule is CC(=O)CCc1cnccn1. The van der Waals surface area contributed by atoms with Crippen LogP contribution < -0.4 is 0 Å². The van der Waals surface area contributed by atoms with E-state index in [1.807, 2.05) is 0 Å². The van der Waals surface area contributed by atoms with Gasteiger partial charge in [-0.15, -0.1) is 0 Å².